The minimum Gasteiger partial charge on any atom is -0.485 e. The van der Waals surface area contributed by atoms with Gasteiger partial charge >= 0.3 is 11.5 Å². The van der Waals surface area contributed by atoms with Gasteiger partial charge in [0.2, 0.25) is 6.10 Å². The molecule has 4 rings (SSSR count). The third-order valence-corrected chi connectivity index (χ3v) is 4.70. The van der Waals surface area contributed by atoms with Gasteiger partial charge in [0.05, 0.1) is 24.2 Å². The van der Waals surface area contributed by atoms with Gasteiger partial charge < -0.3 is 14.4 Å². The number of nitro groups is 1. The first-order chi connectivity index (χ1) is 13.1. The highest BCUT2D eigenvalue weighted by Gasteiger charge is 2.36. The van der Waals surface area contributed by atoms with E-state index in [1.165, 1.54) is 6.07 Å². The number of anilines is 1. The Balaban J connectivity index is 1.40. The van der Waals surface area contributed by atoms with Gasteiger partial charge in [0.15, 0.2) is 11.5 Å². The summed E-state index contributed by atoms with van der Waals surface area (Å²) < 4.78 is 11.4. The Kier molecular flexibility index (Phi) is 4.49. The second-order valence-corrected chi connectivity index (χ2v) is 6.34. The number of ether oxygens (including phenoxy) is 2. The van der Waals surface area contributed by atoms with Gasteiger partial charge in [0.1, 0.15) is 19.7 Å². The lowest BCUT2D eigenvalue weighted by Gasteiger charge is -2.34. The van der Waals surface area contributed by atoms with Crippen LogP contribution >= 0.6 is 0 Å². The fraction of sp³-hybridized carbons (Fsp3) is 0.333. The van der Waals surface area contributed by atoms with Gasteiger partial charge in [0, 0.05) is 6.07 Å². The zero-order valence-corrected chi connectivity index (χ0v) is 14.5. The van der Waals surface area contributed by atoms with E-state index in [1.807, 2.05) is 17.0 Å². The standard InChI is InChI=1S/C18H18N4O5/c23-18(16-12-26-14-5-1-2-6-15(14)27-16)21-10-8-20(9-11-21)17-13(22(24)25)4-3-7-19-17/h1-7,16H,8-12H2/p+1/t16-/m0/s1. The molecule has 0 unspecified atom stereocenters. The summed E-state index contributed by atoms with van der Waals surface area (Å²) in [5, 5.41) is 11.2. The summed E-state index contributed by atoms with van der Waals surface area (Å²) in [7, 11) is 0. The van der Waals surface area contributed by atoms with Gasteiger partial charge in [-0.05, 0) is 18.2 Å². The van der Waals surface area contributed by atoms with Crippen LogP contribution < -0.4 is 19.4 Å². The molecule has 0 spiro atoms. The van der Waals surface area contributed by atoms with Crippen LogP contribution in [0.1, 0.15) is 0 Å². The second kappa shape index (κ2) is 7.10. The van der Waals surface area contributed by atoms with Crippen molar-refractivity contribution in [3.05, 3.63) is 52.7 Å². The average molecular weight is 371 g/mol. The summed E-state index contributed by atoms with van der Waals surface area (Å²) >= 11 is 0. The monoisotopic (exact) mass is 371 g/mol. The molecule has 1 fully saturated rings. The number of amides is 1. The van der Waals surface area contributed by atoms with Crippen molar-refractivity contribution in [2.24, 2.45) is 0 Å². The number of nitrogens with one attached hydrogen (secondary N) is 1. The quantitative estimate of drug-likeness (QED) is 0.587. The summed E-state index contributed by atoms with van der Waals surface area (Å²) in [6.07, 6.45) is 0.980. The van der Waals surface area contributed by atoms with Gasteiger partial charge in [-0.25, -0.2) is 4.98 Å². The van der Waals surface area contributed by atoms with E-state index in [0.29, 0.717) is 43.5 Å². The van der Waals surface area contributed by atoms with Crippen molar-refractivity contribution in [1.82, 2.24) is 4.90 Å². The predicted octanol–water partition coefficient (Wildman–Crippen LogP) is 0.897. The lowest BCUT2D eigenvalue weighted by atomic mass is 10.2. The van der Waals surface area contributed by atoms with E-state index in [4.69, 9.17) is 9.47 Å². The number of carbonyl (C=O) groups is 1. The van der Waals surface area contributed by atoms with Crippen LogP contribution in [0.15, 0.2) is 42.6 Å². The molecule has 2 aromatic rings. The molecule has 9 nitrogen and oxygen atoms in total. The molecule has 0 radical (unpaired) electrons. The number of aromatic nitrogens is 1. The Morgan fingerprint density at radius 1 is 1.11 bits per heavy atom. The molecule has 0 bridgehead atoms. The molecular formula is C18H19N4O5+. The third-order valence-electron chi connectivity index (χ3n) is 4.70. The SMILES string of the molecule is O=C([C@@H]1COc2ccccc2O1)N1CCN(c2[nH+]cccc2[N+](=O)[O-])CC1. The van der Waals surface area contributed by atoms with Crippen molar-refractivity contribution < 1.29 is 24.2 Å². The summed E-state index contributed by atoms with van der Waals surface area (Å²) in [5.74, 6) is 1.53. The number of H-pyrrole nitrogens is 1. The maximum absolute atomic E-state index is 12.8. The number of pyridine rings is 1. The molecule has 3 heterocycles. The smallest absolute Gasteiger partial charge is 0.357 e. The number of hydrogen-bond acceptors (Lipinski definition) is 6. The molecule has 2 aliphatic heterocycles. The Morgan fingerprint density at radius 2 is 1.85 bits per heavy atom. The van der Waals surface area contributed by atoms with Gasteiger partial charge in [-0.15, -0.1) is 0 Å². The van der Waals surface area contributed by atoms with E-state index in [0.717, 1.165) is 0 Å². The zero-order chi connectivity index (χ0) is 18.8. The molecule has 1 aromatic heterocycles. The van der Waals surface area contributed by atoms with Crippen LogP contribution in [0.2, 0.25) is 0 Å². The van der Waals surface area contributed by atoms with Gasteiger partial charge in [-0.2, -0.15) is 0 Å². The van der Waals surface area contributed by atoms with Crippen molar-refractivity contribution in [3.8, 4) is 11.5 Å². The second-order valence-electron chi connectivity index (χ2n) is 6.34. The van der Waals surface area contributed by atoms with Crippen molar-refractivity contribution >= 4 is 17.4 Å². The van der Waals surface area contributed by atoms with Crippen molar-refractivity contribution in [2.75, 3.05) is 37.7 Å². The molecular weight excluding hydrogens is 352 g/mol. The highest BCUT2D eigenvalue weighted by Crippen LogP contribution is 2.31. The number of carbonyl (C=O) groups excluding carboxylic acids is 1. The van der Waals surface area contributed by atoms with Crippen LogP contribution in [0, 0.1) is 10.1 Å². The molecule has 1 amide bonds. The van der Waals surface area contributed by atoms with Gasteiger partial charge in [0.25, 0.3) is 5.91 Å². The lowest BCUT2D eigenvalue weighted by Crippen LogP contribution is -2.54. The molecule has 1 atom stereocenters. The number of piperazine rings is 1. The average Bonchev–Trinajstić information content (AvgIpc) is 2.73. The molecule has 1 N–H and O–H groups in total. The summed E-state index contributed by atoms with van der Waals surface area (Å²) in [6.45, 7) is 2.09. The topological polar surface area (TPSA) is 99.3 Å². The maximum atomic E-state index is 12.8. The van der Waals surface area contributed by atoms with Gasteiger partial charge in [-0.3, -0.25) is 19.8 Å². The number of para-hydroxylation sites is 2. The first-order valence-corrected chi connectivity index (χ1v) is 8.71. The predicted molar refractivity (Wildman–Crippen MR) is 94.8 cm³/mol. The van der Waals surface area contributed by atoms with E-state index < -0.39 is 11.0 Å². The first-order valence-electron chi connectivity index (χ1n) is 8.71. The normalized spacial score (nSPS) is 18.9. The zero-order valence-electron chi connectivity index (χ0n) is 14.5. The van der Waals surface area contributed by atoms with E-state index in [1.54, 1.807) is 29.3 Å². The Hall–Kier alpha value is -3.36. The number of rotatable bonds is 3. The van der Waals surface area contributed by atoms with E-state index >= 15 is 0 Å². The number of nitrogens with zero attached hydrogens (tertiary/aromatic N) is 3. The first kappa shape index (κ1) is 17.1. The molecule has 1 aromatic carbocycles. The van der Waals surface area contributed by atoms with Crippen LogP contribution in [0.25, 0.3) is 0 Å². The molecule has 1 saturated heterocycles. The van der Waals surface area contributed by atoms with Crippen LogP contribution in [0.4, 0.5) is 11.5 Å². The van der Waals surface area contributed by atoms with Crippen molar-refractivity contribution in [3.63, 3.8) is 0 Å². The Bertz CT molecular complexity index is 866. The van der Waals surface area contributed by atoms with Crippen LogP contribution in [-0.2, 0) is 4.79 Å². The number of hydrogen-bond donors (Lipinski definition) is 0. The molecule has 27 heavy (non-hydrogen) atoms. The fourth-order valence-electron chi connectivity index (χ4n) is 3.32. The molecule has 0 aliphatic carbocycles. The summed E-state index contributed by atoms with van der Waals surface area (Å²) in [4.78, 5) is 30.1. The van der Waals surface area contributed by atoms with Crippen molar-refractivity contribution in [1.29, 1.82) is 0 Å². The highest BCUT2D eigenvalue weighted by molar-refractivity contribution is 5.82. The number of fused-ring (bicyclic) bond motifs is 1. The number of benzene rings is 1. The summed E-state index contributed by atoms with van der Waals surface area (Å²) in [5.41, 5.74) is 0.0258. The highest BCUT2D eigenvalue weighted by atomic mass is 16.6. The van der Waals surface area contributed by atoms with Crippen LogP contribution in [0.3, 0.4) is 0 Å². The van der Waals surface area contributed by atoms with Crippen molar-refractivity contribution in [2.45, 2.75) is 6.10 Å². The minimum absolute atomic E-state index is 0.0258. The Labute approximate surface area is 155 Å². The van der Waals surface area contributed by atoms with Crippen LogP contribution in [0.5, 0.6) is 11.5 Å². The lowest BCUT2D eigenvalue weighted by molar-refractivity contribution is -0.411. The summed E-state index contributed by atoms with van der Waals surface area (Å²) in [6, 6.07) is 10.3. The molecule has 9 heteroatoms. The van der Waals surface area contributed by atoms with E-state index in [2.05, 4.69) is 4.98 Å². The van der Waals surface area contributed by atoms with E-state index in [9.17, 15) is 14.9 Å². The third kappa shape index (κ3) is 3.35. The molecule has 2 aliphatic rings. The Morgan fingerprint density at radius 3 is 2.59 bits per heavy atom. The molecule has 140 valence electrons. The minimum atomic E-state index is -0.677. The maximum Gasteiger partial charge on any atom is 0.357 e. The van der Waals surface area contributed by atoms with E-state index in [-0.39, 0.29) is 18.2 Å². The van der Waals surface area contributed by atoms with Gasteiger partial charge in [-0.1, -0.05) is 12.1 Å². The largest absolute Gasteiger partial charge is 0.485 e. The fourth-order valence-corrected chi connectivity index (χ4v) is 3.32. The number of aromatic amines is 1. The van der Waals surface area contributed by atoms with Crippen LogP contribution in [-0.4, -0.2) is 54.6 Å². The molecule has 0 saturated carbocycles.